The summed E-state index contributed by atoms with van der Waals surface area (Å²) in [7, 11) is 0. The summed E-state index contributed by atoms with van der Waals surface area (Å²) < 4.78 is 1.97. The molecule has 0 atom stereocenters. The molecule has 0 bridgehead atoms. The molecule has 0 saturated heterocycles. The second-order valence-electron chi connectivity index (χ2n) is 5.88. The Bertz CT molecular complexity index is 545. The van der Waals surface area contributed by atoms with Gasteiger partial charge >= 0.3 is 0 Å². The summed E-state index contributed by atoms with van der Waals surface area (Å²) in [5.74, 6) is 0. The van der Waals surface area contributed by atoms with E-state index in [-0.39, 0.29) is 5.41 Å². The summed E-state index contributed by atoms with van der Waals surface area (Å²) in [5, 5.41) is 4.37. The van der Waals surface area contributed by atoms with Crippen LogP contribution in [0.25, 0.3) is 11.1 Å². The van der Waals surface area contributed by atoms with Gasteiger partial charge in [-0.2, -0.15) is 5.10 Å². The molecule has 0 unspecified atom stereocenters. The first-order chi connectivity index (χ1) is 10.4. The van der Waals surface area contributed by atoms with Crippen LogP contribution in [0.2, 0.25) is 0 Å². The van der Waals surface area contributed by atoms with Crippen LogP contribution in [-0.2, 0) is 12.0 Å². The third-order valence-electron chi connectivity index (χ3n) is 3.25. The molecule has 0 fully saturated rings. The number of hydrogen-bond acceptors (Lipinski definition) is 1. The summed E-state index contributed by atoms with van der Waals surface area (Å²) in [5.41, 5.74) is 5.36. The fraction of sp³-hybridized carbons (Fsp3) is 0.550. The van der Waals surface area contributed by atoms with E-state index in [4.69, 9.17) is 0 Å². The van der Waals surface area contributed by atoms with Crippen molar-refractivity contribution in [2.75, 3.05) is 0 Å². The number of hydrogen-bond donors (Lipinski definition) is 0. The van der Waals surface area contributed by atoms with E-state index in [1.807, 2.05) is 38.6 Å². The lowest BCUT2D eigenvalue weighted by Crippen LogP contribution is -2.13. The van der Waals surface area contributed by atoms with Gasteiger partial charge in [0, 0.05) is 18.3 Å². The fourth-order valence-electron chi connectivity index (χ4n) is 2.21. The van der Waals surface area contributed by atoms with Gasteiger partial charge in [-0.05, 0) is 30.4 Å². The molecule has 124 valence electrons. The smallest absolute Gasteiger partial charge is 0.0568 e. The van der Waals surface area contributed by atoms with E-state index >= 15 is 0 Å². The monoisotopic (exact) mass is 302 g/mol. The van der Waals surface area contributed by atoms with Gasteiger partial charge in [-0.25, -0.2) is 0 Å². The van der Waals surface area contributed by atoms with E-state index < -0.39 is 0 Å². The molecule has 0 radical (unpaired) electrons. The largest absolute Gasteiger partial charge is 0.272 e. The van der Waals surface area contributed by atoms with Crippen molar-refractivity contribution in [3.05, 3.63) is 41.7 Å². The average Bonchev–Trinajstić information content (AvgIpc) is 2.99. The molecule has 22 heavy (non-hydrogen) atoms. The molecule has 2 aromatic rings. The molecule has 2 nitrogen and oxygen atoms in total. The van der Waals surface area contributed by atoms with Crippen molar-refractivity contribution in [3.8, 4) is 11.1 Å². The standard InChI is InChI=1S/C16H22N2.2C2H6/c1-6-18-11-13(10-17-18)14-8-7-12(2)9-15(14)16(3,4)5;2*1-2/h7-11H,6H2,1-5H3;2*1-2H3. The van der Waals surface area contributed by atoms with Crippen molar-refractivity contribution < 1.29 is 0 Å². The minimum Gasteiger partial charge on any atom is -0.272 e. The van der Waals surface area contributed by atoms with Crippen molar-refractivity contribution >= 4 is 0 Å². The molecule has 1 heterocycles. The Labute approximate surface area is 137 Å². The molecule has 0 saturated carbocycles. The van der Waals surface area contributed by atoms with Gasteiger partial charge < -0.3 is 0 Å². The maximum atomic E-state index is 4.37. The van der Waals surface area contributed by atoms with Gasteiger partial charge in [0.15, 0.2) is 0 Å². The first kappa shape index (κ1) is 20.4. The van der Waals surface area contributed by atoms with Crippen molar-refractivity contribution in [3.63, 3.8) is 0 Å². The van der Waals surface area contributed by atoms with E-state index in [2.05, 4.69) is 64.1 Å². The molecule has 0 amide bonds. The summed E-state index contributed by atoms with van der Waals surface area (Å²) >= 11 is 0. The Hall–Kier alpha value is -1.57. The Morgan fingerprint density at radius 1 is 1.05 bits per heavy atom. The number of aryl methyl sites for hydroxylation is 2. The van der Waals surface area contributed by atoms with Crippen LogP contribution >= 0.6 is 0 Å². The zero-order valence-corrected chi connectivity index (χ0v) is 16.0. The van der Waals surface area contributed by atoms with Gasteiger partial charge in [-0.1, -0.05) is 72.2 Å². The lowest BCUT2D eigenvalue weighted by atomic mass is 9.81. The van der Waals surface area contributed by atoms with E-state index in [9.17, 15) is 0 Å². The van der Waals surface area contributed by atoms with Crippen LogP contribution in [0.4, 0.5) is 0 Å². The van der Waals surface area contributed by atoms with Crippen molar-refractivity contribution in [2.24, 2.45) is 0 Å². The first-order valence-corrected chi connectivity index (χ1v) is 8.56. The minimum absolute atomic E-state index is 0.148. The van der Waals surface area contributed by atoms with Crippen LogP contribution in [0.1, 0.15) is 66.5 Å². The fourth-order valence-corrected chi connectivity index (χ4v) is 2.21. The molecule has 0 aliphatic carbocycles. The average molecular weight is 303 g/mol. The van der Waals surface area contributed by atoms with E-state index in [1.54, 1.807) is 0 Å². The number of rotatable bonds is 2. The van der Waals surface area contributed by atoms with Crippen molar-refractivity contribution in [2.45, 2.75) is 74.3 Å². The van der Waals surface area contributed by atoms with E-state index in [0.29, 0.717) is 0 Å². The zero-order chi connectivity index (χ0) is 17.3. The predicted octanol–water partition coefficient (Wildman–Crippen LogP) is 6.23. The van der Waals surface area contributed by atoms with Crippen LogP contribution in [0, 0.1) is 6.92 Å². The Kier molecular flexibility index (Phi) is 8.77. The predicted molar refractivity (Wildman–Crippen MR) is 99.5 cm³/mol. The van der Waals surface area contributed by atoms with Gasteiger partial charge in [0.1, 0.15) is 0 Å². The lowest BCUT2D eigenvalue weighted by molar-refractivity contribution is 0.591. The zero-order valence-electron chi connectivity index (χ0n) is 16.0. The third-order valence-corrected chi connectivity index (χ3v) is 3.25. The Balaban J connectivity index is 0.00000102. The van der Waals surface area contributed by atoms with Gasteiger partial charge in [0.05, 0.1) is 6.20 Å². The summed E-state index contributed by atoms with van der Waals surface area (Å²) in [4.78, 5) is 0. The van der Waals surface area contributed by atoms with Crippen molar-refractivity contribution in [1.82, 2.24) is 9.78 Å². The Morgan fingerprint density at radius 3 is 2.09 bits per heavy atom. The minimum atomic E-state index is 0.148. The molecule has 2 rings (SSSR count). The molecule has 2 heteroatoms. The summed E-state index contributed by atoms with van der Waals surface area (Å²) in [6.45, 7) is 19.9. The van der Waals surface area contributed by atoms with Crippen LogP contribution < -0.4 is 0 Å². The van der Waals surface area contributed by atoms with Crippen molar-refractivity contribution in [1.29, 1.82) is 0 Å². The van der Waals surface area contributed by atoms with E-state index in [0.717, 1.165) is 6.54 Å². The molecule has 1 aromatic heterocycles. The molecule has 0 N–H and O–H groups in total. The molecular weight excluding hydrogens is 268 g/mol. The highest BCUT2D eigenvalue weighted by Crippen LogP contribution is 2.33. The van der Waals surface area contributed by atoms with Gasteiger partial charge in [0.25, 0.3) is 0 Å². The van der Waals surface area contributed by atoms with Crippen LogP contribution in [0.15, 0.2) is 30.6 Å². The normalized spacial score (nSPS) is 10.2. The Morgan fingerprint density at radius 2 is 1.64 bits per heavy atom. The van der Waals surface area contributed by atoms with Gasteiger partial charge in [-0.3, -0.25) is 4.68 Å². The number of aromatic nitrogens is 2. The quantitative estimate of drug-likeness (QED) is 0.643. The van der Waals surface area contributed by atoms with Gasteiger partial charge in [0.2, 0.25) is 0 Å². The highest BCUT2D eigenvalue weighted by molar-refractivity contribution is 5.68. The second kappa shape index (κ2) is 9.45. The number of benzene rings is 1. The SMILES string of the molecule is CC.CC.CCn1cc(-c2ccc(C)cc2C(C)(C)C)cn1. The second-order valence-corrected chi connectivity index (χ2v) is 5.88. The summed E-state index contributed by atoms with van der Waals surface area (Å²) in [6.07, 6.45) is 4.09. The molecule has 0 aliphatic rings. The van der Waals surface area contributed by atoms with Gasteiger partial charge in [-0.15, -0.1) is 0 Å². The molecule has 0 spiro atoms. The molecule has 0 aliphatic heterocycles. The van der Waals surface area contributed by atoms with E-state index in [1.165, 1.54) is 22.3 Å². The summed E-state index contributed by atoms with van der Waals surface area (Å²) in [6, 6.07) is 6.68. The number of nitrogens with zero attached hydrogens (tertiary/aromatic N) is 2. The van der Waals surface area contributed by atoms with Crippen LogP contribution in [-0.4, -0.2) is 9.78 Å². The van der Waals surface area contributed by atoms with Crippen LogP contribution in [0.5, 0.6) is 0 Å². The molecular formula is C20H34N2. The topological polar surface area (TPSA) is 17.8 Å². The van der Waals surface area contributed by atoms with Crippen LogP contribution in [0.3, 0.4) is 0 Å². The first-order valence-electron chi connectivity index (χ1n) is 8.56. The molecule has 1 aromatic carbocycles. The third kappa shape index (κ3) is 5.32. The highest BCUT2D eigenvalue weighted by Gasteiger charge is 2.19. The maximum absolute atomic E-state index is 4.37. The highest BCUT2D eigenvalue weighted by atomic mass is 15.3. The maximum Gasteiger partial charge on any atom is 0.0568 e. The lowest BCUT2D eigenvalue weighted by Gasteiger charge is -2.23.